The zero-order valence-electron chi connectivity index (χ0n) is 13.9. The number of benzene rings is 1. The molecular formula is C20H24N2OS. The third kappa shape index (κ3) is 3.55. The van der Waals surface area contributed by atoms with Crippen LogP contribution in [0.15, 0.2) is 47.8 Å². The second-order valence-electron chi connectivity index (χ2n) is 6.89. The number of carbonyl (C=O) groups is 1. The predicted molar refractivity (Wildman–Crippen MR) is 98.1 cm³/mol. The van der Waals surface area contributed by atoms with Crippen LogP contribution in [0.4, 0.5) is 0 Å². The third-order valence-corrected chi connectivity index (χ3v) is 6.06. The Morgan fingerprint density at radius 3 is 2.71 bits per heavy atom. The first-order chi connectivity index (χ1) is 11.8. The molecule has 24 heavy (non-hydrogen) atoms. The van der Waals surface area contributed by atoms with E-state index < -0.39 is 0 Å². The summed E-state index contributed by atoms with van der Waals surface area (Å²) < 4.78 is 0. The SMILES string of the molecule is O=C([C@H]1C[C@@H]1c1ccccc1)N1CCCN(Cc2cccs2)CC1. The highest BCUT2D eigenvalue weighted by atomic mass is 32.1. The average Bonchev–Trinajstić information content (AvgIpc) is 3.32. The molecule has 0 spiro atoms. The first-order valence-corrected chi connectivity index (χ1v) is 9.78. The van der Waals surface area contributed by atoms with E-state index in [1.165, 1.54) is 10.4 Å². The molecule has 0 bridgehead atoms. The van der Waals surface area contributed by atoms with Crippen molar-refractivity contribution >= 4 is 17.2 Å². The van der Waals surface area contributed by atoms with E-state index >= 15 is 0 Å². The molecule has 2 aromatic rings. The minimum atomic E-state index is 0.219. The van der Waals surface area contributed by atoms with Gasteiger partial charge in [0.15, 0.2) is 0 Å². The summed E-state index contributed by atoms with van der Waals surface area (Å²) in [5.74, 6) is 1.04. The summed E-state index contributed by atoms with van der Waals surface area (Å²) in [6, 6.07) is 14.8. The van der Waals surface area contributed by atoms with Gasteiger partial charge in [0.1, 0.15) is 0 Å². The van der Waals surface area contributed by atoms with Gasteiger partial charge >= 0.3 is 0 Å². The summed E-state index contributed by atoms with van der Waals surface area (Å²) in [6.07, 6.45) is 2.11. The maximum Gasteiger partial charge on any atom is 0.226 e. The molecule has 0 N–H and O–H groups in total. The molecular weight excluding hydrogens is 316 g/mol. The molecule has 0 unspecified atom stereocenters. The number of rotatable bonds is 4. The lowest BCUT2D eigenvalue weighted by atomic mass is 10.1. The first kappa shape index (κ1) is 15.9. The summed E-state index contributed by atoms with van der Waals surface area (Å²) in [4.78, 5) is 18.8. The minimum Gasteiger partial charge on any atom is -0.341 e. The van der Waals surface area contributed by atoms with Crippen LogP contribution in [-0.2, 0) is 11.3 Å². The molecule has 3 nitrogen and oxygen atoms in total. The molecule has 1 aromatic carbocycles. The van der Waals surface area contributed by atoms with Gasteiger partial charge in [-0.25, -0.2) is 0 Å². The highest BCUT2D eigenvalue weighted by Gasteiger charge is 2.45. The van der Waals surface area contributed by atoms with Gasteiger partial charge in [0.2, 0.25) is 5.91 Å². The number of nitrogens with zero attached hydrogens (tertiary/aromatic N) is 2. The quantitative estimate of drug-likeness (QED) is 0.849. The number of carbonyl (C=O) groups excluding carboxylic acids is 1. The summed E-state index contributed by atoms with van der Waals surface area (Å²) >= 11 is 1.82. The van der Waals surface area contributed by atoms with E-state index in [4.69, 9.17) is 0 Å². The molecule has 1 aromatic heterocycles. The van der Waals surface area contributed by atoms with E-state index in [-0.39, 0.29) is 5.92 Å². The molecule has 1 saturated heterocycles. The van der Waals surface area contributed by atoms with Crippen molar-refractivity contribution in [3.63, 3.8) is 0 Å². The second-order valence-corrected chi connectivity index (χ2v) is 7.93. The summed E-state index contributed by atoms with van der Waals surface area (Å²) in [7, 11) is 0. The molecule has 2 fully saturated rings. The Hall–Kier alpha value is -1.65. The number of thiophene rings is 1. The van der Waals surface area contributed by atoms with E-state index in [0.717, 1.165) is 45.6 Å². The maximum atomic E-state index is 12.8. The van der Waals surface area contributed by atoms with Crippen LogP contribution in [0.5, 0.6) is 0 Å². The maximum absolute atomic E-state index is 12.8. The molecule has 2 aliphatic rings. The summed E-state index contributed by atoms with van der Waals surface area (Å²) in [5, 5.41) is 2.14. The van der Waals surface area contributed by atoms with Gasteiger partial charge in [-0.05, 0) is 35.8 Å². The Morgan fingerprint density at radius 2 is 1.92 bits per heavy atom. The van der Waals surface area contributed by atoms with Gasteiger partial charge < -0.3 is 4.90 Å². The Balaban J connectivity index is 1.32. The minimum absolute atomic E-state index is 0.219. The topological polar surface area (TPSA) is 23.6 Å². The van der Waals surface area contributed by atoms with Gasteiger partial charge in [0.05, 0.1) is 0 Å². The zero-order valence-corrected chi connectivity index (χ0v) is 14.8. The van der Waals surface area contributed by atoms with Crippen molar-refractivity contribution in [1.82, 2.24) is 9.80 Å². The molecule has 0 radical (unpaired) electrons. The zero-order chi connectivity index (χ0) is 16.4. The van der Waals surface area contributed by atoms with Crippen molar-refractivity contribution in [1.29, 1.82) is 0 Å². The Labute approximate surface area is 147 Å². The number of hydrogen-bond acceptors (Lipinski definition) is 3. The number of hydrogen-bond donors (Lipinski definition) is 0. The summed E-state index contributed by atoms with van der Waals surface area (Å²) in [5.41, 5.74) is 1.32. The van der Waals surface area contributed by atoms with Gasteiger partial charge in [-0.3, -0.25) is 9.69 Å². The third-order valence-electron chi connectivity index (χ3n) is 5.20. The fourth-order valence-corrected chi connectivity index (χ4v) is 4.49. The largest absolute Gasteiger partial charge is 0.341 e. The van der Waals surface area contributed by atoms with Crippen molar-refractivity contribution in [2.75, 3.05) is 26.2 Å². The number of amides is 1. The monoisotopic (exact) mass is 340 g/mol. The molecule has 126 valence electrons. The van der Waals surface area contributed by atoms with Crippen LogP contribution in [0.25, 0.3) is 0 Å². The highest BCUT2D eigenvalue weighted by molar-refractivity contribution is 7.09. The smallest absolute Gasteiger partial charge is 0.226 e. The van der Waals surface area contributed by atoms with Gasteiger partial charge in [0.25, 0.3) is 0 Å². The van der Waals surface area contributed by atoms with E-state index in [1.54, 1.807) is 0 Å². The van der Waals surface area contributed by atoms with E-state index in [1.807, 2.05) is 17.4 Å². The predicted octanol–water partition coefficient (Wildman–Crippen LogP) is 3.59. The van der Waals surface area contributed by atoms with Crippen molar-refractivity contribution in [2.24, 2.45) is 5.92 Å². The molecule has 1 aliphatic carbocycles. The van der Waals surface area contributed by atoms with Crippen molar-refractivity contribution in [3.8, 4) is 0 Å². The Morgan fingerprint density at radius 1 is 1.04 bits per heavy atom. The van der Waals surface area contributed by atoms with Crippen molar-refractivity contribution in [2.45, 2.75) is 25.3 Å². The normalized spacial score (nSPS) is 24.6. The lowest BCUT2D eigenvalue weighted by molar-refractivity contribution is -0.132. The second kappa shape index (κ2) is 7.08. The van der Waals surface area contributed by atoms with Crippen LogP contribution in [0.1, 0.15) is 29.2 Å². The molecule has 4 rings (SSSR count). The van der Waals surface area contributed by atoms with Crippen LogP contribution in [-0.4, -0.2) is 41.9 Å². The first-order valence-electron chi connectivity index (χ1n) is 8.90. The summed E-state index contributed by atoms with van der Waals surface area (Å²) in [6.45, 7) is 4.90. The Kier molecular flexibility index (Phi) is 4.67. The lowest BCUT2D eigenvalue weighted by Gasteiger charge is -2.22. The van der Waals surface area contributed by atoms with Crippen LogP contribution in [0, 0.1) is 5.92 Å². The fourth-order valence-electron chi connectivity index (χ4n) is 3.74. The van der Waals surface area contributed by atoms with Gasteiger partial charge in [0, 0.05) is 43.5 Å². The average molecular weight is 340 g/mol. The van der Waals surface area contributed by atoms with Gasteiger partial charge in [-0.15, -0.1) is 11.3 Å². The van der Waals surface area contributed by atoms with Crippen molar-refractivity contribution in [3.05, 3.63) is 58.3 Å². The molecule has 2 atom stereocenters. The van der Waals surface area contributed by atoms with Crippen molar-refractivity contribution < 1.29 is 4.79 Å². The molecule has 1 aliphatic heterocycles. The van der Waals surface area contributed by atoms with Crippen LogP contribution >= 0.6 is 11.3 Å². The van der Waals surface area contributed by atoms with Crippen LogP contribution in [0.3, 0.4) is 0 Å². The lowest BCUT2D eigenvalue weighted by Crippen LogP contribution is -2.36. The van der Waals surface area contributed by atoms with Gasteiger partial charge in [-0.1, -0.05) is 36.4 Å². The molecule has 4 heteroatoms. The van der Waals surface area contributed by atoms with Gasteiger partial charge in [-0.2, -0.15) is 0 Å². The van der Waals surface area contributed by atoms with E-state index in [2.05, 4.69) is 51.6 Å². The standard InChI is InChI=1S/C20H24N2OS/c23-20(19-14-18(19)16-6-2-1-3-7-16)22-10-5-9-21(11-12-22)15-17-8-4-13-24-17/h1-4,6-8,13,18-19H,5,9-12,14-15H2/t18-,19+/m1/s1. The van der Waals surface area contributed by atoms with E-state index in [9.17, 15) is 4.79 Å². The van der Waals surface area contributed by atoms with Crippen LogP contribution < -0.4 is 0 Å². The molecule has 1 amide bonds. The Bertz CT molecular complexity index is 670. The molecule has 1 saturated carbocycles. The van der Waals surface area contributed by atoms with Crippen LogP contribution in [0.2, 0.25) is 0 Å². The molecule has 2 heterocycles. The fraction of sp³-hybridized carbons (Fsp3) is 0.450. The highest BCUT2D eigenvalue weighted by Crippen LogP contribution is 2.48. The van der Waals surface area contributed by atoms with E-state index in [0.29, 0.717) is 11.8 Å².